The lowest BCUT2D eigenvalue weighted by Crippen LogP contribution is -2.35. The molecule has 7 heteroatoms. The minimum absolute atomic E-state index is 0.146. The summed E-state index contributed by atoms with van der Waals surface area (Å²) in [5.74, 6) is -1.36. The topological polar surface area (TPSA) is 131 Å². The highest BCUT2D eigenvalue weighted by Crippen LogP contribution is 2.06. The third-order valence-electron chi connectivity index (χ3n) is 2.60. The van der Waals surface area contributed by atoms with E-state index < -0.39 is 24.0 Å². The fourth-order valence-electron chi connectivity index (χ4n) is 1.18. The highest BCUT2D eigenvalue weighted by molar-refractivity contribution is 4.69. The molecule has 104 valence electrons. The third-order valence-corrected chi connectivity index (χ3v) is 2.60. The molecular formula is C10H22O7. The molecule has 0 aliphatic carbocycles. The Bertz CT molecular complexity index is 152. The van der Waals surface area contributed by atoms with Crippen LogP contribution in [0.2, 0.25) is 0 Å². The van der Waals surface area contributed by atoms with Crippen LogP contribution in [0.3, 0.4) is 0 Å². The molecule has 6 N–H and O–H groups in total. The number of rotatable bonds is 10. The second-order valence-electron chi connectivity index (χ2n) is 3.92. The quantitative estimate of drug-likeness (QED) is 0.244. The van der Waals surface area contributed by atoms with Gasteiger partial charge in [0.2, 0.25) is 0 Å². The summed E-state index contributed by atoms with van der Waals surface area (Å²) in [4.78, 5) is 0. The fourth-order valence-corrected chi connectivity index (χ4v) is 1.18. The minimum atomic E-state index is -1.03. The first-order valence-corrected chi connectivity index (χ1v) is 5.47. The zero-order valence-electron chi connectivity index (χ0n) is 9.64. The van der Waals surface area contributed by atoms with Gasteiger partial charge < -0.3 is 35.4 Å². The summed E-state index contributed by atoms with van der Waals surface area (Å²) in [5, 5.41) is 54.0. The molecule has 0 heterocycles. The van der Waals surface area contributed by atoms with E-state index in [-0.39, 0.29) is 39.6 Å². The number of ether oxygens (including phenoxy) is 1. The van der Waals surface area contributed by atoms with Crippen LogP contribution in [-0.2, 0) is 4.74 Å². The molecule has 0 amide bonds. The van der Waals surface area contributed by atoms with Crippen molar-refractivity contribution in [2.75, 3.05) is 39.6 Å². The summed E-state index contributed by atoms with van der Waals surface area (Å²) in [6, 6.07) is 0. The summed E-state index contributed by atoms with van der Waals surface area (Å²) in [6.07, 6.45) is -2.06. The van der Waals surface area contributed by atoms with Crippen molar-refractivity contribution in [3.05, 3.63) is 0 Å². The highest BCUT2D eigenvalue weighted by Gasteiger charge is 2.20. The molecule has 0 aromatic heterocycles. The van der Waals surface area contributed by atoms with E-state index in [1.807, 2.05) is 0 Å². The van der Waals surface area contributed by atoms with Crippen LogP contribution < -0.4 is 0 Å². The van der Waals surface area contributed by atoms with E-state index in [1.54, 1.807) is 0 Å². The van der Waals surface area contributed by atoms with Crippen molar-refractivity contribution in [1.82, 2.24) is 0 Å². The van der Waals surface area contributed by atoms with Crippen molar-refractivity contribution < 1.29 is 35.4 Å². The van der Waals surface area contributed by atoms with Crippen molar-refractivity contribution in [2.24, 2.45) is 11.8 Å². The molecule has 0 rings (SSSR count). The smallest absolute Gasteiger partial charge is 0.0845 e. The van der Waals surface area contributed by atoms with Gasteiger partial charge in [-0.05, 0) is 0 Å². The highest BCUT2D eigenvalue weighted by atomic mass is 16.5. The average molecular weight is 254 g/mol. The molecule has 0 saturated carbocycles. The van der Waals surface area contributed by atoms with Gasteiger partial charge >= 0.3 is 0 Å². The molecular weight excluding hydrogens is 232 g/mol. The van der Waals surface area contributed by atoms with E-state index in [2.05, 4.69) is 0 Å². The lowest BCUT2D eigenvalue weighted by molar-refractivity contribution is -0.0664. The number of aliphatic hydroxyl groups is 6. The predicted octanol–water partition coefficient (Wildman–Crippen LogP) is -3.07. The molecule has 0 bridgehead atoms. The Labute approximate surface area is 99.9 Å². The Morgan fingerprint density at radius 3 is 1.18 bits per heavy atom. The first kappa shape index (κ1) is 16.7. The molecule has 0 aromatic rings. The van der Waals surface area contributed by atoms with Gasteiger partial charge in [0.25, 0.3) is 0 Å². The van der Waals surface area contributed by atoms with Crippen molar-refractivity contribution in [2.45, 2.75) is 12.2 Å². The van der Waals surface area contributed by atoms with Crippen LogP contribution in [0, 0.1) is 11.8 Å². The SMILES string of the molecule is OCC(CO)C(O)COCC(O)C(CO)CO. The molecule has 0 spiro atoms. The van der Waals surface area contributed by atoms with Crippen molar-refractivity contribution in [3.63, 3.8) is 0 Å². The molecule has 0 fully saturated rings. The summed E-state index contributed by atoms with van der Waals surface area (Å²) >= 11 is 0. The maximum Gasteiger partial charge on any atom is 0.0845 e. The first-order chi connectivity index (χ1) is 8.10. The van der Waals surface area contributed by atoms with Gasteiger partial charge in [-0.3, -0.25) is 0 Å². The van der Waals surface area contributed by atoms with Crippen molar-refractivity contribution >= 4 is 0 Å². The zero-order chi connectivity index (χ0) is 13.3. The lowest BCUT2D eigenvalue weighted by atomic mass is 10.0. The van der Waals surface area contributed by atoms with E-state index in [9.17, 15) is 10.2 Å². The van der Waals surface area contributed by atoms with E-state index in [1.165, 1.54) is 0 Å². The van der Waals surface area contributed by atoms with Crippen LogP contribution in [0.5, 0.6) is 0 Å². The standard InChI is InChI=1S/C10H22O7/c11-1-7(2-12)9(15)5-17-6-10(16)8(3-13)4-14/h7-16H,1-6H2. The van der Waals surface area contributed by atoms with Gasteiger partial charge in [0, 0.05) is 11.8 Å². The molecule has 2 unspecified atom stereocenters. The Morgan fingerprint density at radius 2 is 0.941 bits per heavy atom. The Hall–Kier alpha value is -0.280. The predicted molar refractivity (Wildman–Crippen MR) is 58.2 cm³/mol. The van der Waals surface area contributed by atoms with Gasteiger partial charge in [0.1, 0.15) is 0 Å². The Balaban J connectivity index is 3.82. The Morgan fingerprint density at radius 1 is 0.647 bits per heavy atom. The fraction of sp³-hybridized carbons (Fsp3) is 1.00. The van der Waals surface area contributed by atoms with Crippen molar-refractivity contribution in [1.29, 1.82) is 0 Å². The molecule has 0 aliphatic rings. The maximum atomic E-state index is 9.45. The normalized spacial score (nSPS) is 15.5. The number of aliphatic hydroxyl groups excluding tert-OH is 6. The average Bonchev–Trinajstić information content (AvgIpc) is 2.32. The largest absolute Gasteiger partial charge is 0.396 e. The van der Waals surface area contributed by atoms with Gasteiger partial charge in [-0.15, -0.1) is 0 Å². The first-order valence-electron chi connectivity index (χ1n) is 5.47. The van der Waals surface area contributed by atoms with Gasteiger partial charge in [0.15, 0.2) is 0 Å². The molecule has 2 atom stereocenters. The van der Waals surface area contributed by atoms with Crippen LogP contribution >= 0.6 is 0 Å². The van der Waals surface area contributed by atoms with E-state index >= 15 is 0 Å². The van der Waals surface area contributed by atoms with Gasteiger partial charge in [0.05, 0.1) is 51.8 Å². The van der Waals surface area contributed by atoms with Crippen LogP contribution in [0.1, 0.15) is 0 Å². The lowest BCUT2D eigenvalue weighted by Gasteiger charge is -2.21. The van der Waals surface area contributed by atoms with Gasteiger partial charge in [-0.2, -0.15) is 0 Å². The number of hydrogen-bond donors (Lipinski definition) is 6. The molecule has 0 aromatic carbocycles. The monoisotopic (exact) mass is 254 g/mol. The molecule has 0 saturated heterocycles. The van der Waals surface area contributed by atoms with E-state index in [0.29, 0.717) is 0 Å². The van der Waals surface area contributed by atoms with Crippen LogP contribution in [0.4, 0.5) is 0 Å². The van der Waals surface area contributed by atoms with E-state index in [4.69, 9.17) is 25.2 Å². The second kappa shape index (κ2) is 9.72. The summed E-state index contributed by atoms with van der Waals surface area (Å²) < 4.78 is 4.98. The summed E-state index contributed by atoms with van der Waals surface area (Å²) in [5.41, 5.74) is 0. The summed E-state index contributed by atoms with van der Waals surface area (Å²) in [7, 11) is 0. The van der Waals surface area contributed by atoms with Crippen LogP contribution in [0.25, 0.3) is 0 Å². The second-order valence-corrected chi connectivity index (χ2v) is 3.92. The minimum Gasteiger partial charge on any atom is -0.396 e. The van der Waals surface area contributed by atoms with Gasteiger partial charge in [-0.25, -0.2) is 0 Å². The van der Waals surface area contributed by atoms with Crippen LogP contribution in [0.15, 0.2) is 0 Å². The van der Waals surface area contributed by atoms with E-state index in [0.717, 1.165) is 0 Å². The molecule has 7 nitrogen and oxygen atoms in total. The van der Waals surface area contributed by atoms with Crippen molar-refractivity contribution in [3.8, 4) is 0 Å². The molecule has 0 aliphatic heterocycles. The number of hydrogen-bond acceptors (Lipinski definition) is 7. The third kappa shape index (κ3) is 6.27. The summed E-state index contributed by atoms with van der Waals surface area (Å²) in [6.45, 7) is -1.74. The molecule has 17 heavy (non-hydrogen) atoms. The van der Waals surface area contributed by atoms with Gasteiger partial charge in [-0.1, -0.05) is 0 Å². The maximum absolute atomic E-state index is 9.45. The van der Waals surface area contributed by atoms with Crippen LogP contribution in [-0.4, -0.2) is 82.5 Å². The zero-order valence-corrected chi connectivity index (χ0v) is 9.64. The Kier molecular flexibility index (Phi) is 9.56. The molecule has 0 radical (unpaired) electrons.